The number of aromatic nitrogens is 5. The molecule has 0 aliphatic rings. The van der Waals surface area contributed by atoms with Crippen LogP contribution in [-0.4, -0.2) is 28.0 Å². The van der Waals surface area contributed by atoms with Crippen LogP contribution >= 0.6 is 0 Å². The second kappa shape index (κ2) is 7.02. The van der Waals surface area contributed by atoms with Gasteiger partial charge in [-0.3, -0.25) is 33.0 Å². The Morgan fingerprint density at radius 1 is 1.00 bits per heavy atom. The van der Waals surface area contributed by atoms with Gasteiger partial charge in [0.15, 0.2) is 11.2 Å². The average molecular weight is 444 g/mol. The average Bonchev–Trinajstić information content (AvgIpc) is 3.34. The van der Waals surface area contributed by atoms with Crippen LogP contribution in [0.4, 0.5) is 5.69 Å². The SMILES string of the molecule is Cc1ccc(C)c(-n2c(-c3cccc([N+](=O)[O-])c3)cn3c4c(=O)n(C)c(=O)n(C)c4nc23)c1. The first kappa shape index (κ1) is 20.4. The third kappa shape index (κ3) is 2.91. The maximum absolute atomic E-state index is 13.0. The summed E-state index contributed by atoms with van der Waals surface area (Å²) in [6.07, 6.45) is 1.73. The van der Waals surface area contributed by atoms with Crippen LogP contribution in [0.3, 0.4) is 0 Å². The van der Waals surface area contributed by atoms with Crippen molar-refractivity contribution in [1.29, 1.82) is 0 Å². The van der Waals surface area contributed by atoms with Crippen molar-refractivity contribution in [3.8, 4) is 16.9 Å². The lowest BCUT2D eigenvalue weighted by molar-refractivity contribution is -0.384. The van der Waals surface area contributed by atoms with Crippen LogP contribution in [0.5, 0.6) is 0 Å². The Bertz CT molecular complexity index is 1730. The third-order valence-electron chi connectivity index (χ3n) is 5.92. The lowest BCUT2D eigenvalue weighted by Gasteiger charge is -2.13. The molecule has 3 aromatic heterocycles. The summed E-state index contributed by atoms with van der Waals surface area (Å²) in [5, 5.41) is 11.4. The van der Waals surface area contributed by atoms with E-state index in [1.807, 2.05) is 36.6 Å². The molecule has 0 radical (unpaired) electrons. The molecule has 33 heavy (non-hydrogen) atoms. The molecule has 0 atom stereocenters. The molecule has 0 aliphatic heterocycles. The number of rotatable bonds is 3. The van der Waals surface area contributed by atoms with E-state index in [-0.39, 0.29) is 16.9 Å². The number of non-ortho nitro benzene ring substituents is 1. The van der Waals surface area contributed by atoms with E-state index < -0.39 is 16.2 Å². The van der Waals surface area contributed by atoms with Gasteiger partial charge in [0.1, 0.15) is 0 Å². The summed E-state index contributed by atoms with van der Waals surface area (Å²) >= 11 is 0. The molecule has 3 heterocycles. The molecule has 0 unspecified atom stereocenters. The van der Waals surface area contributed by atoms with Gasteiger partial charge in [-0.2, -0.15) is 4.98 Å². The molecule has 0 saturated heterocycles. The van der Waals surface area contributed by atoms with Crippen LogP contribution in [0.15, 0.2) is 58.3 Å². The zero-order valence-electron chi connectivity index (χ0n) is 18.4. The number of nitro benzene ring substituents is 1. The summed E-state index contributed by atoms with van der Waals surface area (Å²) in [5.74, 6) is 0.429. The summed E-state index contributed by atoms with van der Waals surface area (Å²) in [7, 11) is 2.99. The molecule has 5 aromatic rings. The van der Waals surface area contributed by atoms with Gasteiger partial charge in [-0.05, 0) is 31.0 Å². The highest BCUT2D eigenvalue weighted by molar-refractivity contribution is 5.80. The number of benzene rings is 2. The second-order valence-electron chi connectivity index (χ2n) is 8.11. The van der Waals surface area contributed by atoms with E-state index in [1.165, 1.54) is 23.7 Å². The predicted molar refractivity (Wildman–Crippen MR) is 124 cm³/mol. The first-order valence-corrected chi connectivity index (χ1v) is 10.2. The normalized spacial score (nSPS) is 11.5. The highest BCUT2D eigenvalue weighted by atomic mass is 16.6. The Balaban J connectivity index is 1.98. The first-order valence-electron chi connectivity index (χ1n) is 10.2. The maximum Gasteiger partial charge on any atom is 0.332 e. The molecule has 0 aliphatic carbocycles. The predicted octanol–water partition coefficient (Wildman–Crippen LogP) is 2.87. The fraction of sp³-hybridized carbons (Fsp3) is 0.174. The standard InChI is InChI=1S/C23H20N6O4/c1-13-8-9-14(2)17(10-13)28-18(15-6-5-7-16(11-15)29(32)33)12-27-19-20(24-22(27)28)25(3)23(31)26(4)21(19)30/h5-12H,1-4H3. The van der Waals surface area contributed by atoms with Crippen molar-refractivity contribution < 1.29 is 4.92 Å². The van der Waals surface area contributed by atoms with E-state index in [9.17, 15) is 19.7 Å². The van der Waals surface area contributed by atoms with E-state index in [0.717, 1.165) is 21.4 Å². The highest BCUT2D eigenvalue weighted by Crippen LogP contribution is 2.32. The number of aryl methyl sites for hydroxylation is 3. The minimum Gasteiger partial charge on any atom is -0.279 e. The largest absolute Gasteiger partial charge is 0.332 e. The molecular weight excluding hydrogens is 424 g/mol. The summed E-state index contributed by atoms with van der Waals surface area (Å²) < 4.78 is 5.89. The molecule has 0 saturated carbocycles. The summed E-state index contributed by atoms with van der Waals surface area (Å²) in [6.45, 7) is 3.93. The molecule has 5 rings (SSSR count). The van der Waals surface area contributed by atoms with Gasteiger partial charge in [0.25, 0.3) is 11.2 Å². The number of hydrogen-bond acceptors (Lipinski definition) is 5. The van der Waals surface area contributed by atoms with Crippen molar-refractivity contribution >= 4 is 22.6 Å². The molecule has 0 bridgehead atoms. The quantitative estimate of drug-likeness (QED) is 0.314. The third-order valence-corrected chi connectivity index (χ3v) is 5.92. The van der Waals surface area contributed by atoms with E-state index in [0.29, 0.717) is 17.0 Å². The number of fused-ring (bicyclic) bond motifs is 3. The van der Waals surface area contributed by atoms with Gasteiger partial charge < -0.3 is 0 Å². The fourth-order valence-corrected chi connectivity index (χ4v) is 4.15. The van der Waals surface area contributed by atoms with Crippen LogP contribution in [0.2, 0.25) is 0 Å². The van der Waals surface area contributed by atoms with Crippen molar-refractivity contribution in [3.05, 3.63) is 90.7 Å². The second-order valence-corrected chi connectivity index (χ2v) is 8.11. The van der Waals surface area contributed by atoms with Crippen molar-refractivity contribution in [2.75, 3.05) is 0 Å². The van der Waals surface area contributed by atoms with E-state index >= 15 is 0 Å². The molecule has 0 amide bonds. The summed E-state index contributed by atoms with van der Waals surface area (Å²) in [4.78, 5) is 41.1. The first-order chi connectivity index (χ1) is 15.7. The molecule has 0 fully saturated rings. The Morgan fingerprint density at radius 3 is 2.48 bits per heavy atom. The fourth-order valence-electron chi connectivity index (χ4n) is 4.15. The Kier molecular flexibility index (Phi) is 4.35. The zero-order valence-corrected chi connectivity index (χ0v) is 18.4. The number of hydrogen-bond donors (Lipinski definition) is 0. The monoisotopic (exact) mass is 444 g/mol. The molecule has 10 heteroatoms. The molecular formula is C23H20N6O4. The van der Waals surface area contributed by atoms with Gasteiger partial charge in [0, 0.05) is 38.0 Å². The van der Waals surface area contributed by atoms with Crippen LogP contribution in [0.1, 0.15) is 11.1 Å². The van der Waals surface area contributed by atoms with Crippen molar-refractivity contribution in [2.24, 2.45) is 14.1 Å². The van der Waals surface area contributed by atoms with E-state index in [2.05, 4.69) is 4.98 Å². The Hall–Kier alpha value is -4.47. The van der Waals surface area contributed by atoms with Gasteiger partial charge in [-0.25, -0.2) is 4.79 Å². The van der Waals surface area contributed by atoms with Gasteiger partial charge in [0.05, 0.1) is 16.3 Å². The van der Waals surface area contributed by atoms with Gasteiger partial charge in [0.2, 0.25) is 5.78 Å². The van der Waals surface area contributed by atoms with Gasteiger partial charge >= 0.3 is 5.69 Å². The van der Waals surface area contributed by atoms with Crippen molar-refractivity contribution in [3.63, 3.8) is 0 Å². The van der Waals surface area contributed by atoms with Crippen LogP contribution < -0.4 is 11.2 Å². The molecule has 0 spiro atoms. The van der Waals surface area contributed by atoms with Crippen molar-refractivity contribution in [1.82, 2.24) is 23.1 Å². The summed E-state index contributed by atoms with van der Waals surface area (Å²) in [5.41, 5.74) is 3.58. The highest BCUT2D eigenvalue weighted by Gasteiger charge is 2.23. The summed E-state index contributed by atoms with van der Waals surface area (Å²) in [6, 6.07) is 12.3. The number of imidazole rings is 2. The van der Waals surface area contributed by atoms with E-state index in [1.54, 1.807) is 29.8 Å². The van der Waals surface area contributed by atoms with Crippen molar-refractivity contribution in [2.45, 2.75) is 13.8 Å². The van der Waals surface area contributed by atoms with Gasteiger partial charge in [-0.15, -0.1) is 0 Å². The van der Waals surface area contributed by atoms with Gasteiger partial charge in [-0.1, -0.05) is 24.3 Å². The smallest absolute Gasteiger partial charge is 0.279 e. The lowest BCUT2D eigenvalue weighted by atomic mass is 10.1. The molecule has 166 valence electrons. The minimum atomic E-state index is -0.468. The molecule has 0 N–H and O–H groups in total. The number of nitro groups is 1. The number of nitrogens with zero attached hydrogens (tertiary/aromatic N) is 6. The maximum atomic E-state index is 13.0. The molecule has 10 nitrogen and oxygen atoms in total. The van der Waals surface area contributed by atoms with E-state index in [4.69, 9.17) is 0 Å². The zero-order chi connectivity index (χ0) is 23.6. The minimum absolute atomic E-state index is 0.0398. The van der Waals surface area contributed by atoms with Crippen LogP contribution in [0, 0.1) is 24.0 Å². The topological polar surface area (TPSA) is 109 Å². The van der Waals surface area contributed by atoms with Crippen LogP contribution in [0.25, 0.3) is 33.9 Å². The molecule has 2 aromatic carbocycles. The Morgan fingerprint density at radius 2 is 1.76 bits per heavy atom. The van der Waals surface area contributed by atoms with Crippen LogP contribution in [-0.2, 0) is 14.1 Å². The lowest BCUT2D eigenvalue weighted by Crippen LogP contribution is -2.37. The Labute approximate surface area is 186 Å².